The standard InChI is InChI=1S/C22H23FN4O2/c1-15-11-16-5-2-3-8-20(16)26(15)10-9-24-22(29)25-18-13-21(28)27(14-18)19-7-4-6-17(23)12-19/h2-8,11-12,18H,9-10,13-14H2,1H3,(H2,24,25,29). The molecule has 1 aliphatic rings. The Morgan fingerprint density at radius 2 is 2.00 bits per heavy atom. The van der Waals surface area contributed by atoms with Gasteiger partial charge in [0.25, 0.3) is 0 Å². The highest BCUT2D eigenvalue weighted by molar-refractivity contribution is 5.96. The number of aromatic nitrogens is 1. The van der Waals surface area contributed by atoms with Gasteiger partial charge in [-0.15, -0.1) is 0 Å². The maximum Gasteiger partial charge on any atom is 0.315 e. The summed E-state index contributed by atoms with van der Waals surface area (Å²) >= 11 is 0. The maximum absolute atomic E-state index is 13.4. The van der Waals surface area contributed by atoms with E-state index in [9.17, 15) is 14.0 Å². The summed E-state index contributed by atoms with van der Waals surface area (Å²) in [4.78, 5) is 26.0. The van der Waals surface area contributed by atoms with Crippen LogP contribution >= 0.6 is 0 Å². The Kier molecular flexibility index (Phi) is 5.20. The molecule has 29 heavy (non-hydrogen) atoms. The van der Waals surface area contributed by atoms with Gasteiger partial charge in [-0.05, 0) is 42.6 Å². The van der Waals surface area contributed by atoms with Gasteiger partial charge < -0.3 is 20.1 Å². The summed E-state index contributed by atoms with van der Waals surface area (Å²) in [6, 6.07) is 15.6. The number of amides is 3. The Labute approximate surface area is 168 Å². The quantitative estimate of drug-likeness (QED) is 0.698. The van der Waals surface area contributed by atoms with Crippen LogP contribution in [0.2, 0.25) is 0 Å². The molecule has 1 fully saturated rings. The monoisotopic (exact) mass is 394 g/mol. The molecule has 0 aliphatic carbocycles. The molecule has 6 nitrogen and oxygen atoms in total. The third-order valence-electron chi connectivity index (χ3n) is 5.22. The summed E-state index contributed by atoms with van der Waals surface area (Å²) in [6.45, 7) is 3.51. The van der Waals surface area contributed by atoms with Crippen molar-refractivity contribution in [3.05, 3.63) is 66.1 Å². The summed E-state index contributed by atoms with van der Waals surface area (Å²) in [5.41, 5.74) is 2.79. The molecule has 0 radical (unpaired) electrons. The highest BCUT2D eigenvalue weighted by Crippen LogP contribution is 2.22. The minimum absolute atomic E-state index is 0.129. The molecule has 2 aromatic carbocycles. The van der Waals surface area contributed by atoms with E-state index >= 15 is 0 Å². The number of anilines is 1. The third kappa shape index (κ3) is 4.08. The van der Waals surface area contributed by atoms with Gasteiger partial charge in [0.15, 0.2) is 0 Å². The van der Waals surface area contributed by atoms with E-state index in [0.717, 1.165) is 11.2 Å². The molecule has 3 amide bonds. The molecule has 2 N–H and O–H groups in total. The number of nitrogens with one attached hydrogen (secondary N) is 2. The molecule has 0 bridgehead atoms. The molecular formula is C22H23FN4O2. The number of para-hydroxylation sites is 1. The highest BCUT2D eigenvalue weighted by Gasteiger charge is 2.31. The number of benzene rings is 2. The van der Waals surface area contributed by atoms with Crippen molar-refractivity contribution in [3.63, 3.8) is 0 Å². The van der Waals surface area contributed by atoms with Gasteiger partial charge in [0, 0.05) is 43.0 Å². The van der Waals surface area contributed by atoms with Gasteiger partial charge in [0.1, 0.15) is 5.82 Å². The minimum Gasteiger partial charge on any atom is -0.343 e. The normalized spacial score (nSPS) is 16.4. The first-order valence-electron chi connectivity index (χ1n) is 9.66. The van der Waals surface area contributed by atoms with E-state index in [1.54, 1.807) is 12.1 Å². The second kappa shape index (κ2) is 7.95. The molecule has 1 saturated heterocycles. The number of rotatable bonds is 5. The van der Waals surface area contributed by atoms with Crippen LogP contribution in [0.5, 0.6) is 0 Å². The van der Waals surface area contributed by atoms with E-state index in [2.05, 4.69) is 33.4 Å². The summed E-state index contributed by atoms with van der Waals surface area (Å²) in [5, 5.41) is 6.87. The predicted molar refractivity (Wildman–Crippen MR) is 110 cm³/mol. The first kappa shape index (κ1) is 19.0. The number of halogens is 1. The third-order valence-corrected chi connectivity index (χ3v) is 5.22. The Balaban J connectivity index is 1.30. The van der Waals surface area contributed by atoms with E-state index in [4.69, 9.17) is 0 Å². The van der Waals surface area contributed by atoms with Crippen LogP contribution < -0.4 is 15.5 Å². The molecular weight excluding hydrogens is 371 g/mol. The highest BCUT2D eigenvalue weighted by atomic mass is 19.1. The summed E-state index contributed by atoms with van der Waals surface area (Å²) in [5.74, 6) is -0.521. The fraction of sp³-hybridized carbons (Fsp3) is 0.273. The summed E-state index contributed by atoms with van der Waals surface area (Å²) < 4.78 is 15.6. The van der Waals surface area contributed by atoms with Crippen LogP contribution in [0.1, 0.15) is 12.1 Å². The Morgan fingerprint density at radius 1 is 1.17 bits per heavy atom. The van der Waals surface area contributed by atoms with Crippen molar-refractivity contribution in [1.29, 1.82) is 0 Å². The molecule has 1 atom stereocenters. The van der Waals surface area contributed by atoms with E-state index in [1.165, 1.54) is 22.4 Å². The van der Waals surface area contributed by atoms with E-state index in [1.807, 2.05) is 19.1 Å². The summed E-state index contributed by atoms with van der Waals surface area (Å²) in [7, 11) is 0. The van der Waals surface area contributed by atoms with Gasteiger partial charge in [-0.3, -0.25) is 4.79 Å². The lowest BCUT2D eigenvalue weighted by atomic mass is 10.2. The fourth-order valence-electron chi connectivity index (χ4n) is 3.86. The lowest BCUT2D eigenvalue weighted by Crippen LogP contribution is -2.44. The van der Waals surface area contributed by atoms with E-state index < -0.39 is 5.82 Å². The molecule has 2 heterocycles. The largest absolute Gasteiger partial charge is 0.343 e. The number of aryl methyl sites for hydroxylation is 1. The molecule has 3 aromatic rings. The van der Waals surface area contributed by atoms with Crippen LogP contribution in [0.15, 0.2) is 54.6 Å². The number of hydrogen-bond acceptors (Lipinski definition) is 2. The van der Waals surface area contributed by atoms with Crippen LogP contribution in [0.25, 0.3) is 10.9 Å². The number of carbonyl (C=O) groups excluding carboxylic acids is 2. The van der Waals surface area contributed by atoms with Crippen LogP contribution in [-0.4, -0.2) is 35.6 Å². The minimum atomic E-state index is -0.391. The average Bonchev–Trinajstić information content (AvgIpc) is 3.21. The van der Waals surface area contributed by atoms with Crippen LogP contribution in [0, 0.1) is 12.7 Å². The van der Waals surface area contributed by atoms with Crippen LogP contribution in [0.4, 0.5) is 14.9 Å². The van der Waals surface area contributed by atoms with Gasteiger partial charge in [0.05, 0.1) is 6.04 Å². The molecule has 7 heteroatoms. The second-order valence-corrected chi connectivity index (χ2v) is 7.28. The average molecular weight is 394 g/mol. The lowest BCUT2D eigenvalue weighted by Gasteiger charge is -2.17. The Morgan fingerprint density at radius 3 is 2.83 bits per heavy atom. The zero-order chi connectivity index (χ0) is 20.4. The van der Waals surface area contributed by atoms with Crippen LogP contribution in [0.3, 0.4) is 0 Å². The Hall–Kier alpha value is -3.35. The van der Waals surface area contributed by atoms with Gasteiger partial charge in [0.2, 0.25) is 5.91 Å². The van der Waals surface area contributed by atoms with Crippen molar-refractivity contribution in [2.75, 3.05) is 18.0 Å². The predicted octanol–water partition coefficient (Wildman–Crippen LogP) is 3.19. The number of carbonyl (C=O) groups is 2. The fourth-order valence-corrected chi connectivity index (χ4v) is 3.86. The molecule has 1 unspecified atom stereocenters. The topological polar surface area (TPSA) is 66.4 Å². The smallest absolute Gasteiger partial charge is 0.315 e. The van der Waals surface area contributed by atoms with Crippen molar-refractivity contribution < 1.29 is 14.0 Å². The SMILES string of the molecule is Cc1cc2ccccc2n1CCNC(=O)NC1CC(=O)N(c2cccc(F)c2)C1. The lowest BCUT2D eigenvalue weighted by molar-refractivity contribution is -0.117. The van der Waals surface area contributed by atoms with Crippen molar-refractivity contribution in [3.8, 4) is 0 Å². The van der Waals surface area contributed by atoms with Gasteiger partial charge in [-0.25, -0.2) is 9.18 Å². The van der Waals surface area contributed by atoms with Gasteiger partial charge in [-0.2, -0.15) is 0 Å². The Bertz CT molecular complexity index is 1060. The molecule has 0 saturated carbocycles. The number of hydrogen-bond donors (Lipinski definition) is 2. The molecule has 1 aliphatic heterocycles. The zero-order valence-corrected chi connectivity index (χ0v) is 16.2. The van der Waals surface area contributed by atoms with Gasteiger partial charge >= 0.3 is 6.03 Å². The maximum atomic E-state index is 13.4. The first-order valence-corrected chi connectivity index (χ1v) is 9.66. The van der Waals surface area contributed by atoms with Crippen LogP contribution in [-0.2, 0) is 11.3 Å². The zero-order valence-electron chi connectivity index (χ0n) is 16.2. The van der Waals surface area contributed by atoms with Crippen molar-refractivity contribution >= 4 is 28.5 Å². The van der Waals surface area contributed by atoms with Gasteiger partial charge in [-0.1, -0.05) is 24.3 Å². The molecule has 150 valence electrons. The van der Waals surface area contributed by atoms with E-state index in [0.29, 0.717) is 25.3 Å². The van der Waals surface area contributed by atoms with Crippen molar-refractivity contribution in [2.45, 2.75) is 25.9 Å². The number of urea groups is 1. The molecule has 0 spiro atoms. The van der Waals surface area contributed by atoms with E-state index in [-0.39, 0.29) is 24.4 Å². The van der Waals surface area contributed by atoms with Crippen molar-refractivity contribution in [1.82, 2.24) is 15.2 Å². The number of nitrogens with zero attached hydrogens (tertiary/aromatic N) is 2. The van der Waals surface area contributed by atoms with Crippen molar-refractivity contribution in [2.24, 2.45) is 0 Å². The summed E-state index contributed by atoms with van der Waals surface area (Å²) in [6.07, 6.45) is 0.200. The second-order valence-electron chi connectivity index (χ2n) is 7.28. The molecule has 4 rings (SSSR count). The molecule has 1 aromatic heterocycles. The number of fused-ring (bicyclic) bond motifs is 1. The first-order chi connectivity index (χ1) is 14.0.